The van der Waals surface area contributed by atoms with Crippen molar-refractivity contribution in [3.63, 3.8) is 0 Å². The number of sulfonamides is 2. The van der Waals surface area contributed by atoms with E-state index in [1.165, 1.54) is 6.07 Å². The summed E-state index contributed by atoms with van der Waals surface area (Å²) < 4.78 is 54.7. The first-order valence-corrected chi connectivity index (χ1v) is 12.3. The first-order valence-electron chi connectivity index (χ1n) is 9.18. The second-order valence-corrected chi connectivity index (χ2v) is 10.1. The Labute approximate surface area is 172 Å². The van der Waals surface area contributed by atoms with Crippen LogP contribution in [-0.4, -0.2) is 53.4 Å². The molecule has 0 unspecified atom stereocenters. The summed E-state index contributed by atoms with van der Waals surface area (Å²) >= 11 is 0. The highest BCUT2D eigenvalue weighted by atomic mass is 32.2. The van der Waals surface area contributed by atoms with E-state index in [-0.39, 0.29) is 23.5 Å². The van der Waals surface area contributed by atoms with Gasteiger partial charge < -0.3 is 9.64 Å². The Morgan fingerprint density at radius 2 is 1.93 bits per heavy atom. The number of hydrogen-bond acceptors (Lipinski definition) is 6. The van der Waals surface area contributed by atoms with E-state index in [1.807, 2.05) is 6.92 Å². The standard InChI is InChI=1S/C18H27N3O6S2/c1-4-14-10-13(3)17(29(19,25)26)11-16(14)27-12-18(22)21-8-6-15(7-9-21)20-28(23,24)5-2/h5,10-11,15,20H,2,4,6-9,12H2,1,3H3,(H2,19,25,26). The van der Waals surface area contributed by atoms with Gasteiger partial charge in [-0.1, -0.05) is 19.6 Å². The summed E-state index contributed by atoms with van der Waals surface area (Å²) in [6.07, 6.45) is 1.57. The number of amides is 1. The van der Waals surface area contributed by atoms with Crippen molar-refractivity contribution >= 4 is 26.0 Å². The van der Waals surface area contributed by atoms with Crippen LogP contribution in [0.4, 0.5) is 0 Å². The van der Waals surface area contributed by atoms with Gasteiger partial charge in [-0.15, -0.1) is 0 Å². The molecule has 0 saturated carbocycles. The normalized spacial score (nSPS) is 15.9. The summed E-state index contributed by atoms with van der Waals surface area (Å²) in [4.78, 5) is 14.0. The molecule has 1 aromatic rings. The quantitative estimate of drug-likeness (QED) is 0.603. The van der Waals surface area contributed by atoms with Gasteiger partial charge in [-0.25, -0.2) is 26.7 Å². The fourth-order valence-corrected chi connectivity index (χ4v) is 4.78. The average molecular weight is 446 g/mol. The minimum atomic E-state index is -3.90. The first kappa shape index (κ1) is 23.3. The third-order valence-electron chi connectivity index (χ3n) is 4.79. The number of aryl methyl sites for hydroxylation is 2. The fourth-order valence-electron chi connectivity index (χ4n) is 3.20. The molecule has 1 heterocycles. The van der Waals surface area contributed by atoms with Crippen molar-refractivity contribution in [3.05, 3.63) is 35.2 Å². The molecule has 11 heteroatoms. The van der Waals surface area contributed by atoms with Crippen LogP contribution in [-0.2, 0) is 31.3 Å². The van der Waals surface area contributed by atoms with E-state index in [0.29, 0.717) is 43.7 Å². The molecule has 1 fully saturated rings. The number of piperidine rings is 1. The van der Waals surface area contributed by atoms with E-state index in [4.69, 9.17) is 9.88 Å². The van der Waals surface area contributed by atoms with Crippen LogP contribution in [0.5, 0.6) is 5.75 Å². The maximum atomic E-state index is 12.5. The molecule has 29 heavy (non-hydrogen) atoms. The molecule has 1 aliphatic heterocycles. The van der Waals surface area contributed by atoms with E-state index in [2.05, 4.69) is 11.3 Å². The van der Waals surface area contributed by atoms with Gasteiger partial charge in [-0.05, 0) is 37.3 Å². The minimum Gasteiger partial charge on any atom is -0.483 e. The number of nitrogens with two attached hydrogens (primary N) is 1. The second-order valence-electron chi connectivity index (χ2n) is 6.90. The van der Waals surface area contributed by atoms with Crippen LogP contribution in [0.25, 0.3) is 0 Å². The highest BCUT2D eigenvalue weighted by Gasteiger charge is 2.25. The van der Waals surface area contributed by atoms with Crippen molar-refractivity contribution in [1.82, 2.24) is 9.62 Å². The van der Waals surface area contributed by atoms with Gasteiger partial charge in [-0.3, -0.25) is 4.79 Å². The molecular weight excluding hydrogens is 418 g/mol. The smallest absolute Gasteiger partial charge is 0.260 e. The van der Waals surface area contributed by atoms with Crippen LogP contribution < -0.4 is 14.6 Å². The maximum absolute atomic E-state index is 12.5. The number of nitrogens with zero attached hydrogens (tertiary/aromatic N) is 1. The summed E-state index contributed by atoms with van der Waals surface area (Å²) in [6.45, 7) is 7.35. The number of carbonyl (C=O) groups is 1. The van der Waals surface area contributed by atoms with Crippen molar-refractivity contribution in [2.24, 2.45) is 5.14 Å². The van der Waals surface area contributed by atoms with Crippen LogP contribution in [0.1, 0.15) is 30.9 Å². The van der Waals surface area contributed by atoms with E-state index >= 15 is 0 Å². The highest BCUT2D eigenvalue weighted by molar-refractivity contribution is 7.92. The fraction of sp³-hybridized carbons (Fsp3) is 0.500. The minimum absolute atomic E-state index is 0.0348. The summed E-state index contributed by atoms with van der Waals surface area (Å²) in [6, 6.07) is 2.80. The number of rotatable bonds is 8. The van der Waals surface area contributed by atoms with Crippen molar-refractivity contribution in [2.75, 3.05) is 19.7 Å². The zero-order valence-corrected chi connectivity index (χ0v) is 18.2. The molecule has 0 bridgehead atoms. The molecule has 2 rings (SSSR count). The summed E-state index contributed by atoms with van der Waals surface area (Å²) in [5.74, 6) is 0.0546. The number of benzene rings is 1. The molecule has 0 atom stereocenters. The molecule has 0 spiro atoms. The van der Waals surface area contributed by atoms with E-state index in [0.717, 1.165) is 11.0 Å². The maximum Gasteiger partial charge on any atom is 0.260 e. The molecule has 0 aliphatic carbocycles. The zero-order valence-electron chi connectivity index (χ0n) is 16.5. The molecule has 9 nitrogen and oxygen atoms in total. The Balaban J connectivity index is 2.00. The van der Waals surface area contributed by atoms with Crippen LogP contribution >= 0.6 is 0 Å². The molecule has 1 amide bonds. The van der Waals surface area contributed by atoms with Gasteiger partial charge in [0.05, 0.1) is 4.90 Å². The molecule has 0 radical (unpaired) electrons. The second kappa shape index (κ2) is 9.24. The van der Waals surface area contributed by atoms with Crippen molar-refractivity contribution in [2.45, 2.75) is 44.0 Å². The average Bonchev–Trinajstić information content (AvgIpc) is 2.65. The van der Waals surface area contributed by atoms with Gasteiger partial charge in [0.2, 0.25) is 20.0 Å². The summed E-state index contributed by atoms with van der Waals surface area (Å²) in [5.41, 5.74) is 1.30. The van der Waals surface area contributed by atoms with Gasteiger partial charge in [0.25, 0.3) is 5.91 Å². The topological polar surface area (TPSA) is 136 Å². The number of nitrogens with one attached hydrogen (secondary N) is 1. The number of hydrogen-bond donors (Lipinski definition) is 2. The summed E-state index contributed by atoms with van der Waals surface area (Å²) in [7, 11) is -7.41. The third kappa shape index (κ3) is 6.26. The van der Waals surface area contributed by atoms with Crippen LogP contribution in [0.15, 0.2) is 29.0 Å². The van der Waals surface area contributed by atoms with Crippen LogP contribution in [0.2, 0.25) is 0 Å². The lowest BCUT2D eigenvalue weighted by Gasteiger charge is -2.32. The molecule has 3 N–H and O–H groups in total. The van der Waals surface area contributed by atoms with E-state index < -0.39 is 20.0 Å². The predicted molar refractivity (Wildman–Crippen MR) is 109 cm³/mol. The van der Waals surface area contributed by atoms with E-state index in [9.17, 15) is 21.6 Å². The lowest BCUT2D eigenvalue weighted by molar-refractivity contribution is -0.134. The largest absolute Gasteiger partial charge is 0.483 e. The highest BCUT2D eigenvalue weighted by Crippen LogP contribution is 2.27. The first-order chi connectivity index (χ1) is 13.5. The number of ether oxygens (including phenoxy) is 1. The Bertz CT molecular complexity index is 981. The number of primary sulfonamides is 1. The predicted octanol–water partition coefficient (Wildman–Crippen LogP) is 0.638. The molecule has 1 aromatic carbocycles. The van der Waals surface area contributed by atoms with Gasteiger partial charge in [0.1, 0.15) is 5.75 Å². The Morgan fingerprint density at radius 1 is 1.31 bits per heavy atom. The number of carbonyl (C=O) groups excluding carboxylic acids is 1. The van der Waals surface area contributed by atoms with Gasteiger partial charge in [0.15, 0.2) is 6.61 Å². The lowest BCUT2D eigenvalue weighted by atomic mass is 10.1. The molecule has 1 saturated heterocycles. The van der Waals surface area contributed by atoms with Crippen molar-refractivity contribution in [1.29, 1.82) is 0 Å². The Hall–Kier alpha value is -1.95. The molecule has 0 aromatic heterocycles. The monoisotopic (exact) mass is 445 g/mol. The molecular formula is C18H27N3O6S2. The van der Waals surface area contributed by atoms with E-state index in [1.54, 1.807) is 17.9 Å². The van der Waals surface area contributed by atoms with Gasteiger partial charge in [0, 0.05) is 30.6 Å². The number of likely N-dealkylation sites (tertiary alicyclic amines) is 1. The van der Waals surface area contributed by atoms with Crippen molar-refractivity contribution in [3.8, 4) is 5.75 Å². The van der Waals surface area contributed by atoms with Gasteiger partial charge in [-0.2, -0.15) is 0 Å². The third-order valence-corrected chi connectivity index (χ3v) is 6.95. The Morgan fingerprint density at radius 3 is 2.45 bits per heavy atom. The molecule has 162 valence electrons. The lowest BCUT2D eigenvalue weighted by Crippen LogP contribution is -2.47. The SMILES string of the molecule is C=CS(=O)(=O)NC1CCN(C(=O)COc2cc(S(N)(=O)=O)c(C)cc2CC)CC1. The zero-order chi connectivity index (χ0) is 21.8. The van der Waals surface area contributed by atoms with Crippen molar-refractivity contribution < 1.29 is 26.4 Å². The van der Waals surface area contributed by atoms with Crippen LogP contribution in [0, 0.1) is 6.92 Å². The van der Waals surface area contributed by atoms with Crippen LogP contribution in [0.3, 0.4) is 0 Å². The summed E-state index contributed by atoms with van der Waals surface area (Å²) in [5, 5.41) is 6.11. The molecule has 1 aliphatic rings. The Kier molecular flexibility index (Phi) is 7.44. The van der Waals surface area contributed by atoms with Gasteiger partial charge >= 0.3 is 0 Å².